The molecule has 0 amide bonds. The zero-order chi connectivity index (χ0) is 13.2. The quantitative estimate of drug-likeness (QED) is 0.872. The fourth-order valence-electron chi connectivity index (χ4n) is 1.61. The van der Waals surface area contributed by atoms with Gasteiger partial charge in [-0.05, 0) is 39.8 Å². The molecule has 0 spiro atoms. The van der Waals surface area contributed by atoms with Crippen molar-refractivity contribution in [3.05, 3.63) is 35.8 Å². The zero-order valence-electron chi connectivity index (χ0n) is 11.4. The molecule has 2 aromatic rings. The molecule has 2 N–H and O–H groups in total. The van der Waals surface area contributed by atoms with Crippen molar-refractivity contribution in [1.29, 1.82) is 0 Å². The van der Waals surface area contributed by atoms with E-state index in [9.17, 15) is 0 Å². The number of aromatic amines is 1. The van der Waals surface area contributed by atoms with Crippen LogP contribution >= 0.6 is 0 Å². The van der Waals surface area contributed by atoms with E-state index in [0.29, 0.717) is 0 Å². The Kier molecular flexibility index (Phi) is 3.48. The standard InChI is InChI=1S/C14H20N4/c1-10-6-5-7-12(17-10)13-15-8-11(18-13)9-16-14(2,3)4/h5-8,16H,9H2,1-4H3,(H,15,18). The average Bonchev–Trinajstić information content (AvgIpc) is 2.74. The maximum atomic E-state index is 4.45. The van der Waals surface area contributed by atoms with Gasteiger partial charge in [0, 0.05) is 23.5 Å². The molecule has 0 saturated heterocycles. The van der Waals surface area contributed by atoms with Crippen LogP contribution in [0.4, 0.5) is 0 Å². The van der Waals surface area contributed by atoms with Crippen LogP contribution in [-0.4, -0.2) is 20.5 Å². The van der Waals surface area contributed by atoms with Gasteiger partial charge in [-0.3, -0.25) is 0 Å². The maximum Gasteiger partial charge on any atom is 0.156 e. The number of nitrogens with zero attached hydrogens (tertiary/aromatic N) is 2. The van der Waals surface area contributed by atoms with E-state index in [1.54, 1.807) is 0 Å². The second kappa shape index (κ2) is 4.90. The molecule has 0 fully saturated rings. The molecule has 4 heteroatoms. The minimum absolute atomic E-state index is 0.104. The van der Waals surface area contributed by atoms with Gasteiger partial charge in [-0.15, -0.1) is 0 Å². The Hall–Kier alpha value is -1.68. The first-order chi connectivity index (χ1) is 8.44. The summed E-state index contributed by atoms with van der Waals surface area (Å²) in [6, 6.07) is 5.94. The third-order valence-corrected chi connectivity index (χ3v) is 2.57. The molecule has 0 atom stereocenters. The molecule has 0 bridgehead atoms. The van der Waals surface area contributed by atoms with Gasteiger partial charge in [0.15, 0.2) is 5.82 Å². The Morgan fingerprint density at radius 1 is 1.28 bits per heavy atom. The fraction of sp³-hybridized carbons (Fsp3) is 0.429. The Morgan fingerprint density at radius 3 is 2.72 bits per heavy atom. The number of nitrogens with one attached hydrogen (secondary N) is 2. The van der Waals surface area contributed by atoms with Crippen molar-refractivity contribution >= 4 is 0 Å². The lowest BCUT2D eigenvalue weighted by Gasteiger charge is -2.19. The number of rotatable bonds is 3. The lowest BCUT2D eigenvalue weighted by molar-refractivity contribution is 0.422. The van der Waals surface area contributed by atoms with Crippen molar-refractivity contribution in [2.24, 2.45) is 0 Å². The topological polar surface area (TPSA) is 53.6 Å². The Morgan fingerprint density at radius 2 is 2.06 bits per heavy atom. The average molecular weight is 244 g/mol. The molecule has 0 radical (unpaired) electrons. The van der Waals surface area contributed by atoms with Crippen molar-refractivity contribution in [2.75, 3.05) is 0 Å². The Labute approximate surface area is 108 Å². The van der Waals surface area contributed by atoms with Crippen LogP contribution in [0.2, 0.25) is 0 Å². The molecule has 0 aliphatic heterocycles. The Balaban J connectivity index is 2.11. The van der Waals surface area contributed by atoms with Crippen molar-refractivity contribution in [1.82, 2.24) is 20.3 Å². The molecule has 96 valence electrons. The number of hydrogen-bond acceptors (Lipinski definition) is 3. The van der Waals surface area contributed by atoms with E-state index in [1.165, 1.54) is 0 Å². The minimum Gasteiger partial charge on any atom is -0.339 e. The van der Waals surface area contributed by atoms with Gasteiger partial charge in [-0.2, -0.15) is 0 Å². The summed E-state index contributed by atoms with van der Waals surface area (Å²) in [6.45, 7) is 9.20. The third-order valence-electron chi connectivity index (χ3n) is 2.57. The highest BCUT2D eigenvalue weighted by molar-refractivity contribution is 5.49. The first-order valence-corrected chi connectivity index (χ1v) is 6.17. The number of imidazole rings is 1. The van der Waals surface area contributed by atoms with Crippen LogP contribution in [0.15, 0.2) is 24.4 Å². The highest BCUT2D eigenvalue weighted by atomic mass is 15.0. The highest BCUT2D eigenvalue weighted by Gasteiger charge is 2.10. The van der Waals surface area contributed by atoms with Crippen LogP contribution in [0.3, 0.4) is 0 Å². The van der Waals surface area contributed by atoms with Crippen LogP contribution in [0.1, 0.15) is 32.2 Å². The lowest BCUT2D eigenvalue weighted by atomic mass is 10.1. The fourth-order valence-corrected chi connectivity index (χ4v) is 1.61. The van der Waals surface area contributed by atoms with Gasteiger partial charge in [-0.25, -0.2) is 9.97 Å². The van der Waals surface area contributed by atoms with Crippen LogP contribution in [0.25, 0.3) is 11.5 Å². The van der Waals surface area contributed by atoms with E-state index >= 15 is 0 Å². The lowest BCUT2D eigenvalue weighted by Crippen LogP contribution is -2.35. The number of hydrogen-bond donors (Lipinski definition) is 2. The van der Waals surface area contributed by atoms with E-state index in [1.807, 2.05) is 31.3 Å². The van der Waals surface area contributed by atoms with Crippen LogP contribution < -0.4 is 5.32 Å². The summed E-state index contributed by atoms with van der Waals surface area (Å²) < 4.78 is 0. The summed E-state index contributed by atoms with van der Waals surface area (Å²) >= 11 is 0. The number of aryl methyl sites for hydroxylation is 1. The second-order valence-corrected chi connectivity index (χ2v) is 5.52. The van der Waals surface area contributed by atoms with Gasteiger partial charge >= 0.3 is 0 Å². The normalized spacial score (nSPS) is 11.8. The van der Waals surface area contributed by atoms with Gasteiger partial charge in [0.1, 0.15) is 5.69 Å². The second-order valence-electron chi connectivity index (χ2n) is 5.52. The summed E-state index contributed by atoms with van der Waals surface area (Å²) in [5, 5.41) is 3.42. The van der Waals surface area contributed by atoms with Crippen LogP contribution in [0.5, 0.6) is 0 Å². The van der Waals surface area contributed by atoms with Crippen molar-refractivity contribution in [3.8, 4) is 11.5 Å². The van der Waals surface area contributed by atoms with Gasteiger partial charge in [0.05, 0.1) is 6.20 Å². The molecular weight excluding hydrogens is 224 g/mol. The predicted octanol–water partition coefficient (Wildman–Crippen LogP) is 2.67. The van der Waals surface area contributed by atoms with Crippen LogP contribution in [0, 0.1) is 6.92 Å². The zero-order valence-corrected chi connectivity index (χ0v) is 11.4. The monoisotopic (exact) mass is 244 g/mol. The van der Waals surface area contributed by atoms with Gasteiger partial charge in [0.25, 0.3) is 0 Å². The third kappa shape index (κ3) is 3.40. The SMILES string of the molecule is Cc1cccc(-c2ncc(CNC(C)(C)C)[nH]2)n1. The largest absolute Gasteiger partial charge is 0.339 e. The molecule has 2 rings (SSSR count). The molecule has 4 nitrogen and oxygen atoms in total. The summed E-state index contributed by atoms with van der Waals surface area (Å²) in [7, 11) is 0. The first kappa shape index (κ1) is 12.8. The van der Waals surface area contributed by atoms with E-state index < -0.39 is 0 Å². The van der Waals surface area contributed by atoms with E-state index in [0.717, 1.165) is 29.5 Å². The van der Waals surface area contributed by atoms with Gasteiger partial charge in [-0.1, -0.05) is 6.07 Å². The predicted molar refractivity (Wildman–Crippen MR) is 73.1 cm³/mol. The molecular formula is C14H20N4. The van der Waals surface area contributed by atoms with Gasteiger partial charge < -0.3 is 10.3 Å². The smallest absolute Gasteiger partial charge is 0.156 e. The van der Waals surface area contributed by atoms with E-state index in [4.69, 9.17) is 0 Å². The summed E-state index contributed by atoms with van der Waals surface area (Å²) in [5.74, 6) is 0.824. The number of aromatic nitrogens is 3. The van der Waals surface area contributed by atoms with Gasteiger partial charge in [0.2, 0.25) is 0 Å². The molecule has 0 aliphatic carbocycles. The summed E-state index contributed by atoms with van der Waals surface area (Å²) in [6.07, 6.45) is 1.86. The highest BCUT2D eigenvalue weighted by Crippen LogP contribution is 2.13. The minimum atomic E-state index is 0.104. The van der Waals surface area contributed by atoms with Crippen molar-refractivity contribution in [2.45, 2.75) is 39.8 Å². The van der Waals surface area contributed by atoms with E-state index in [-0.39, 0.29) is 5.54 Å². The molecule has 0 saturated carbocycles. The maximum absolute atomic E-state index is 4.45. The molecule has 2 aromatic heterocycles. The van der Waals surface area contributed by atoms with Crippen molar-refractivity contribution in [3.63, 3.8) is 0 Å². The van der Waals surface area contributed by atoms with Crippen molar-refractivity contribution < 1.29 is 0 Å². The molecule has 2 heterocycles. The number of H-pyrrole nitrogens is 1. The molecule has 18 heavy (non-hydrogen) atoms. The molecule has 0 aliphatic rings. The molecule has 0 aromatic carbocycles. The summed E-state index contributed by atoms with van der Waals surface area (Å²) in [5.41, 5.74) is 3.06. The van der Waals surface area contributed by atoms with E-state index in [2.05, 4.69) is 41.0 Å². The first-order valence-electron chi connectivity index (χ1n) is 6.17. The molecule has 0 unspecified atom stereocenters. The van der Waals surface area contributed by atoms with Crippen LogP contribution in [-0.2, 0) is 6.54 Å². The summed E-state index contributed by atoms with van der Waals surface area (Å²) in [4.78, 5) is 12.1. The number of pyridine rings is 1. The Bertz CT molecular complexity index is 523.